The Balaban J connectivity index is 2.71. The van der Waals surface area contributed by atoms with Crippen molar-refractivity contribution < 1.29 is 14.3 Å². The topological polar surface area (TPSA) is 64.2 Å². The molecule has 1 N–H and O–H groups in total. The summed E-state index contributed by atoms with van der Waals surface area (Å²) in [6.07, 6.45) is 0.0581. The van der Waals surface area contributed by atoms with Crippen molar-refractivity contribution in [1.29, 1.82) is 0 Å². The molecular formula is C9H14N2O3. The highest BCUT2D eigenvalue weighted by molar-refractivity contribution is 5.63. The van der Waals surface area contributed by atoms with E-state index in [1.165, 1.54) is 0 Å². The van der Waals surface area contributed by atoms with Crippen LogP contribution in [0.3, 0.4) is 0 Å². The summed E-state index contributed by atoms with van der Waals surface area (Å²) >= 11 is 0. The molecule has 0 radical (unpaired) electrons. The summed E-state index contributed by atoms with van der Waals surface area (Å²) in [7, 11) is 0. The van der Waals surface area contributed by atoms with Crippen LogP contribution < -0.4 is 4.74 Å². The standard InChI is InChI=1S/C9H14N2O3/c1-4-7-6(3)10-11-8(7)14-9(12)13-5-2/h4-5H2,1-3H3,(H,10,11). The largest absolute Gasteiger partial charge is 0.515 e. The maximum atomic E-state index is 11.0. The highest BCUT2D eigenvalue weighted by atomic mass is 16.7. The molecule has 0 saturated heterocycles. The summed E-state index contributed by atoms with van der Waals surface area (Å²) in [5.41, 5.74) is 1.74. The summed E-state index contributed by atoms with van der Waals surface area (Å²) in [6, 6.07) is 0. The summed E-state index contributed by atoms with van der Waals surface area (Å²) in [5, 5.41) is 6.58. The van der Waals surface area contributed by atoms with Crippen molar-refractivity contribution in [2.75, 3.05) is 6.61 Å². The molecule has 0 amide bonds. The first-order valence-corrected chi connectivity index (χ1v) is 4.57. The number of aromatic nitrogens is 2. The molecule has 1 heterocycles. The van der Waals surface area contributed by atoms with Gasteiger partial charge >= 0.3 is 6.16 Å². The fourth-order valence-corrected chi connectivity index (χ4v) is 1.17. The fourth-order valence-electron chi connectivity index (χ4n) is 1.17. The van der Waals surface area contributed by atoms with Gasteiger partial charge in [-0.15, -0.1) is 0 Å². The average Bonchev–Trinajstić information content (AvgIpc) is 2.47. The van der Waals surface area contributed by atoms with E-state index in [1.807, 2.05) is 13.8 Å². The zero-order valence-corrected chi connectivity index (χ0v) is 8.59. The van der Waals surface area contributed by atoms with Crippen LogP contribution in [0.5, 0.6) is 5.88 Å². The van der Waals surface area contributed by atoms with E-state index in [0.717, 1.165) is 17.7 Å². The number of ether oxygens (including phenoxy) is 2. The van der Waals surface area contributed by atoms with Crippen LogP contribution in [0.2, 0.25) is 0 Å². The maximum absolute atomic E-state index is 11.0. The number of carbonyl (C=O) groups excluding carboxylic acids is 1. The lowest BCUT2D eigenvalue weighted by molar-refractivity contribution is 0.102. The molecule has 5 nitrogen and oxygen atoms in total. The third kappa shape index (κ3) is 2.25. The molecule has 14 heavy (non-hydrogen) atoms. The number of nitrogens with one attached hydrogen (secondary N) is 1. The van der Waals surface area contributed by atoms with Gasteiger partial charge in [0.2, 0.25) is 5.88 Å². The van der Waals surface area contributed by atoms with Crippen LogP contribution in [0, 0.1) is 6.92 Å². The minimum absolute atomic E-state index is 0.299. The highest BCUT2D eigenvalue weighted by Crippen LogP contribution is 2.19. The number of aromatic amines is 1. The van der Waals surface area contributed by atoms with E-state index in [-0.39, 0.29) is 0 Å². The summed E-state index contributed by atoms with van der Waals surface area (Å²) < 4.78 is 9.56. The Bertz CT molecular complexity index is 320. The van der Waals surface area contributed by atoms with E-state index < -0.39 is 6.16 Å². The van der Waals surface area contributed by atoms with Crippen LogP contribution in [0.1, 0.15) is 25.1 Å². The van der Waals surface area contributed by atoms with E-state index in [4.69, 9.17) is 4.74 Å². The van der Waals surface area contributed by atoms with Crippen molar-refractivity contribution in [3.8, 4) is 5.88 Å². The van der Waals surface area contributed by atoms with Crippen LogP contribution in [0.15, 0.2) is 0 Å². The highest BCUT2D eigenvalue weighted by Gasteiger charge is 2.13. The van der Waals surface area contributed by atoms with Crippen LogP contribution in [-0.4, -0.2) is 23.0 Å². The second kappa shape index (κ2) is 4.64. The van der Waals surface area contributed by atoms with Gasteiger partial charge in [-0.3, -0.25) is 0 Å². The average molecular weight is 198 g/mol. The number of H-pyrrole nitrogens is 1. The van der Waals surface area contributed by atoms with Gasteiger partial charge in [0, 0.05) is 5.56 Å². The lowest BCUT2D eigenvalue weighted by Gasteiger charge is -2.02. The zero-order valence-electron chi connectivity index (χ0n) is 8.59. The molecule has 0 aliphatic rings. The normalized spacial score (nSPS) is 9.93. The van der Waals surface area contributed by atoms with Gasteiger partial charge in [-0.2, -0.15) is 5.10 Å². The zero-order chi connectivity index (χ0) is 10.6. The summed E-state index contributed by atoms with van der Waals surface area (Å²) in [6.45, 7) is 5.84. The van der Waals surface area contributed by atoms with Gasteiger partial charge in [0.05, 0.1) is 12.3 Å². The number of carbonyl (C=O) groups is 1. The van der Waals surface area contributed by atoms with Crippen molar-refractivity contribution in [3.63, 3.8) is 0 Å². The second-order valence-electron chi connectivity index (χ2n) is 2.76. The quantitative estimate of drug-likeness (QED) is 0.752. The molecule has 1 aromatic heterocycles. The van der Waals surface area contributed by atoms with Crippen LogP contribution >= 0.6 is 0 Å². The summed E-state index contributed by atoms with van der Waals surface area (Å²) in [4.78, 5) is 11.0. The Kier molecular flexibility index (Phi) is 3.50. The number of aryl methyl sites for hydroxylation is 1. The number of hydrogen-bond acceptors (Lipinski definition) is 4. The van der Waals surface area contributed by atoms with Crippen LogP contribution in [0.25, 0.3) is 0 Å². The van der Waals surface area contributed by atoms with Crippen LogP contribution in [-0.2, 0) is 11.2 Å². The molecule has 0 unspecified atom stereocenters. The molecule has 0 spiro atoms. The number of rotatable bonds is 3. The number of nitrogens with zero attached hydrogens (tertiary/aromatic N) is 1. The SMILES string of the molecule is CCOC(=O)Oc1[nH]nc(C)c1CC. The molecule has 0 bridgehead atoms. The first-order valence-electron chi connectivity index (χ1n) is 4.57. The molecule has 0 saturated carbocycles. The molecule has 0 aliphatic heterocycles. The van der Waals surface area contributed by atoms with Gasteiger partial charge in [0.1, 0.15) is 0 Å². The fraction of sp³-hybridized carbons (Fsp3) is 0.556. The molecular weight excluding hydrogens is 184 g/mol. The molecule has 0 aliphatic carbocycles. The Morgan fingerprint density at radius 1 is 1.50 bits per heavy atom. The summed E-state index contributed by atoms with van der Waals surface area (Å²) in [5.74, 6) is 0.378. The van der Waals surface area contributed by atoms with E-state index in [0.29, 0.717) is 12.5 Å². The third-order valence-electron chi connectivity index (χ3n) is 1.84. The van der Waals surface area contributed by atoms with E-state index >= 15 is 0 Å². The van der Waals surface area contributed by atoms with E-state index in [1.54, 1.807) is 6.92 Å². The third-order valence-corrected chi connectivity index (χ3v) is 1.84. The van der Waals surface area contributed by atoms with Crippen molar-refractivity contribution in [3.05, 3.63) is 11.3 Å². The molecule has 0 atom stereocenters. The monoisotopic (exact) mass is 198 g/mol. The van der Waals surface area contributed by atoms with Gasteiger partial charge < -0.3 is 9.47 Å². The Morgan fingerprint density at radius 2 is 2.21 bits per heavy atom. The maximum Gasteiger partial charge on any atom is 0.515 e. The predicted octanol–water partition coefficient (Wildman–Crippen LogP) is 1.82. The minimum atomic E-state index is -0.703. The van der Waals surface area contributed by atoms with Gasteiger partial charge in [0.25, 0.3) is 0 Å². The minimum Gasteiger partial charge on any atom is -0.434 e. The second-order valence-corrected chi connectivity index (χ2v) is 2.76. The van der Waals surface area contributed by atoms with Gasteiger partial charge in [-0.25, -0.2) is 9.89 Å². The van der Waals surface area contributed by atoms with Crippen molar-refractivity contribution in [1.82, 2.24) is 10.2 Å². The Hall–Kier alpha value is -1.52. The van der Waals surface area contributed by atoms with Crippen molar-refractivity contribution >= 4 is 6.16 Å². The van der Waals surface area contributed by atoms with Crippen molar-refractivity contribution in [2.45, 2.75) is 27.2 Å². The molecule has 78 valence electrons. The smallest absolute Gasteiger partial charge is 0.434 e. The van der Waals surface area contributed by atoms with Gasteiger partial charge in [0.15, 0.2) is 0 Å². The predicted molar refractivity (Wildman–Crippen MR) is 50.4 cm³/mol. The lowest BCUT2D eigenvalue weighted by Crippen LogP contribution is -2.11. The lowest BCUT2D eigenvalue weighted by atomic mass is 10.2. The van der Waals surface area contributed by atoms with Crippen LogP contribution in [0.4, 0.5) is 4.79 Å². The molecule has 0 aromatic carbocycles. The van der Waals surface area contributed by atoms with Crippen molar-refractivity contribution in [2.24, 2.45) is 0 Å². The first-order chi connectivity index (χ1) is 6.69. The molecule has 0 fully saturated rings. The molecule has 1 rings (SSSR count). The Labute approximate surface area is 82.4 Å². The van der Waals surface area contributed by atoms with E-state index in [2.05, 4.69) is 14.9 Å². The Morgan fingerprint density at radius 3 is 2.79 bits per heavy atom. The van der Waals surface area contributed by atoms with Gasteiger partial charge in [-0.1, -0.05) is 6.92 Å². The molecule has 1 aromatic rings. The number of hydrogen-bond donors (Lipinski definition) is 1. The molecule has 5 heteroatoms. The van der Waals surface area contributed by atoms with Gasteiger partial charge in [-0.05, 0) is 20.3 Å². The first kappa shape index (κ1) is 10.6. The van der Waals surface area contributed by atoms with E-state index in [9.17, 15) is 4.79 Å².